The van der Waals surface area contributed by atoms with Crippen molar-refractivity contribution in [2.75, 3.05) is 23.9 Å². The first-order chi connectivity index (χ1) is 20.4. The fourth-order valence-corrected chi connectivity index (χ4v) is 6.09. The second kappa shape index (κ2) is 9.52. The number of hydrogen-bond donors (Lipinski definition) is 0. The Morgan fingerprint density at radius 1 is 0.524 bits per heavy atom. The molecule has 0 saturated heterocycles. The number of hydrogen-bond acceptors (Lipinski definition) is 5. The molecule has 3 heterocycles. The quantitative estimate of drug-likeness (QED) is 0.170. The van der Waals surface area contributed by atoms with Gasteiger partial charge in [0.2, 0.25) is 0 Å². The summed E-state index contributed by atoms with van der Waals surface area (Å²) in [6, 6.07) is 30.0. The van der Waals surface area contributed by atoms with E-state index >= 15 is 0 Å². The molecule has 1 aliphatic carbocycles. The molecule has 0 fully saturated rings. The second-order valence-electron chi connectivity index (χ2n) is 10.4. The number of carbonyl (C=O) groups is 4. The van der Waals surface area contributed by atoms with E-state index in [2.05, 4.69) is 0 Å². The number of allylic oxidation sites excluding steroid dienone is 1. The number of nitrogens with zero attached hydrogens (tertiary/aromatic N) is 2. The molecule has 0 N–H and O–H groups in total. The minimum absolute atomic E-state index is 0.0321. The zero-order valence-electron chi connectivity index (χ0n) is 22.9. The third-order valence-electron chi connectivity index (χ3n) is 8.09. The predicted octanol–water partition coefficient (Wildman–Crippen LogP) is 5.19. The third kappa shape index (κ3) is 3.67. The Morgan fingerprint density at radius 2 is 1.00 bits per heavy atom. The first-order valence-corrected chi connectivity index (χ1v) is 13.5. The van der Waals surface area contributed by atoms with Crippen molar-refractivity contribution in [3.63, 3.8) is 0 Å². The molecule has 8 rings (SSSR count). The fourth-order valence-electron chi connectivity index (χ4n) is 6.09. The van der Waals surface area contributed by atoms with E-state index in [1.807, 2.05) is 78.9 Å². The molecule has 0 radical (unpaired) electrons. The van der Waals surface area contributed by atoms with Gasteiger partial charge in [-0.05, 0) is 29.3 Å². The standard InChI is InChI=1S/C18H13NO2.C17H11NO3/c1-19-14-9-5-4-8-13(14)17(18(19)21)16-12-7-3-2-6-11(12)10-15(16)20;1-18-12-8-4-2-6-10(12)14(16(18)19)15-11-7-3-5-9-13(11)21-17(15)20/h2-9H,10H2,1H3;2-9H,1H3/b17-16+;15-14+. The molecule has 42 heavy (non-hydrogen) atoms. The Hall–Kier alpha value is -5.56. The van der Waals surface area contributed by atoms with Crippen LogP contribution in [0.1, 0.15) is 27.8 Å². The van der Waals surface area contributed by atoms with Crippen LogP contribution < -0.4 is 14.5 Å². The van der Waals surface area contributed by atoms with Gasteiger partial charge in [0.15, 0.2) is 5.78 Å². The van der Waals surface area contributed by atoms with Crippen molar-refractivity contribution in [1.82, 2.24) is 0 Å². The summed E-state index contributed by atoms with van der Waals surface area (Å²) in [6.07, 6.45) is 0.383. The molecular formula is C35H24N2O5. The summed E-state index contributed by atoms with van der Waals surface area (Å²) >= 11 is 0. The molecule has 0 aromatic heterocycles. The molecule has 0 atom stereocenters. The van der Waals surface area contributed by atoms with Gasteiger partial charge in [-0.25, -0.2) is 4.79 Å². The number of anilines is 2. The fraction of sp³-hybridized carbons (Fsp3) is 0.0857. The van der Waals surface area contributed by atoms with Crippen molar-refractivity contribution in [3.8, 4) is 5.75 Å². The van der Waals surface area contributed by atoms with E-state index in [-0.39, 0.29) is 17.6 Å². The van der Waals surface area contributed by atoms with Gasteiger partial charge in [-0.2, -0.15) is 0 Å². The number of Topliss-reactive ketones (excluding diaryl/α,β-unsaturated/α-hetero) is 1. The van der Waals surface area contributed by atoms with Crippen LogP contribution in [-0.4, -0.2) is 37.7 Å². The molecule has 7 nitrogen and oxygen atoms in total. The molecule has 4 aromatic carbocycles. The van der Waals surface area contributed by atoms with E-state index in [9.17, 15) is 19.2 Å². The zero-order valence-corrected chi connectivity index (χ0v) is 22.9. The van der Waals surface area contributed by atoms with Crippen LogP contribution in [0, 0.1) is 0 Å². The minimum atomic E-state index is -0.468. The normalized spacial score (nSPS) is 19.8. The first kappa shape index (κ1) is 25.4. The maximum absolute atomic E-state index is 12.6. The summed E-state index contributed by atoms with van der Waals surface area (Å²) in [4.78, 5) is 53.0. The predicted molar refractivity (Wildman–Crippen MR) is 161 cm³/mol. The number of esters is 1. The number of para-hydroxylation sites is 3. The van der Waals surface area contributed by atoms with Crippen LogP contribution in [0.2, 0.25) is 0 Å². The van der Waals surface area contributed by atoms with E-state index in [0.29, 0.717) is 40.0 Å². The van der Waals surface area contributed by atoms with Crippen LogP contribution in [0.5, 0.6) is 5.75 Å². The lowest BCUT2D eigenvalue weighted by atomic mass is 9.96. The highest BCUT2D eigenvalue weighted by molar-refractivity contribution is 6.47. The number of ether oxygens (including phenoxy) is 1. The summed E-state index contributed by atoms with van der Waals surface area (Å²) in [7, 11) is 3.46. The lowest BCUT2D eigenvalue weighted by Gasteiger charge is -2.08. The van der Waals surface area contributed by atoms with Crippen molar-refractivity contribution in [2.45, 2.75) is 6.42 Å². The summed E-state index contributed by atoms with van der Waals surface area (Å²) in [5.41, 5.74) is 7.77. The van der Waals surface area contributed by atoms with Crippen LogP contribution in [0.15, 0.2) is 97.1 Å². The van der Waals surface area contributed by atoms with Gasteiger partial charge in [0.1, 0.15) is 5.75 Å². The lowest BCUT2D eigenvalue weighted by molar-refractivity contribution is -0.127. The van der Waals surface area contributed by atoms with Gasteiger partial charge in [0.05, 0.1) is 28.1 Å². The average Bonchev–Trinajstić information content (AvgIpc) is 3.67. The van der Waals surface area contributed by atoms with Gasteiger partial charge >= 0.3 is 5.97 Å². The van der Waals surface area contributed by atoms with Crippen molar-refractivity contribution in [1.29, 1.82) is 0 Å². The van der Waals surface area contributed by atoms with Crippen molar-refractivity contribution in [3.05, 3.63) is 125 Å². The van der Waals surface area contributed by atoms with Crippen molar-refractivity contribution >= 4 is 57.2 Å². The average molecular weight is 553 g/mol. The number of ketones is 1. The Balaban J connectivity index is 0.000000137. The Kier molecular flexibility index (Phi) is 5.76. The molecule has 4 aliphatic rings. The largest absolute Gasteiger partial charge is 0.422 e. The monoisotopic (exact) mass is 552 g/mol. The van der Waals surface area contributed by atoms with Gasteiger partial charge < -0.3 is 14.5 Å². The molecule has 0 spiro atoms. The molecule has 4 aromatic rings. The van der Waals surface area contributed by atoms with Crippen molar-refractivity contribution < 1.29 is 23.9 Å². The van der Waals surface area contributed by atoms with E-state index in [1.54, 1.807) is 42.1 Å². The van der Waals surface area contributed by atoms with Gasteiger partial charge in [-0.15, -0.1) is 0 Å². The van der Waals surface area contributed by atoms with Crippen LogP contribution in [0.3, 0.4) is 0 Å². The van der Waals surface area contributed by atoms with E-state index < -0.39 is 5.97 Å². The lowest BCUT2D eigenvalue weighted by Crippen LogP contribution is -2.21. The Morgan fingerprint density at radius 3 is 1.62 bits per heavy atom. The molecule has 2 amide bonds. The number of benzene rings is 4. The number of amides is 2. The molecule has 0 bridgehead atoms. The van der Waals surface area contributed by atoms with Crippen LogP contribution >= 0.6 is 0 Å². The Labute approximate surface area is 241 Å². The number of rotatable bonds is 0. The molecule has 204 valence electrons. The second-order valence-corrected chi connectivity index (χ2v) is 10.4. The van der Waals surface area contributed by atoms with Crippen LogP contribution in [-0.2, 0) is 25.6 Å². The van der Waals surface area contributed by atoms with Crippen LogP contribution in [0.4, 0.5) is 11.4 Å². The van der Waals surface area contributed by atoms with Gasteiger partial charge in [-0.1, -0.05) is 78.9 Å². The first-order valence-electron chi connectivity index (χ1n) is 13.5. The van der Waals surface area contributed by atoms with Gasteiger partial charge in [0.25, 0.3) is 11.8 Å². The maximum Gasteiger partial charge on any atom is 0.345 e. The van der Waals surface area contributed by atoms with E-state index in [1.165, 1.54) is 0 Å². The van der Waals surface area contributed by atoms with Gasteiger partial charge in [-0.3, -0.25) is 14.4 Å². The van der Waals surface area contributed by atoms with E-state index in [4.69, 9.17) is 4.74 Å². The summed E-state index contributed by atoms with van der Waals surface area (Å²) in [6.45, 7) is 0. The highest BCUT2D eigenvalue weighted by atomic mass is 16.5. The molecule has 7 heteroatoms. The summed E-state index contributed by atoms with van der Waals surface area (Å²) < 4.78 is 5.26. The molecule has 0 saturated carbocycles. The zero-order chi connectivity index (χ0) is 29.1. The molecular weight excluding hydrogens is 528 g/mol. The van der Waals surface area contributed by atoms with Crippen LogP contribution in [0.25, 0.3) is 22.3 Å². The number of likely N-dealkylation sites (N-methyl/N-ethyl adjacent to an activating group) is 2. The molecule has 3 aliphatic heterocycles. The SMILES string of the molecule is CN1C(=O)/C(=C2/C(=O)Cc3ccccc32)c2ccccc21.CN1C(=O)/C(=C2/C(=O)Oc3ccccc32)c2ccccc21. The molecule has 0 unspecified atom stereocenters. The number of fused-ring (bicyclic) bond motifs is 4. The summed E-state index contributed by atoms with van der Waals surface area (Å²) in [5.74, 6) is -0.213. The maximum atomic E-state index is 12.6. The topological polar surface area (TPSA) is 84.0 Å². The summed E-state index contributed by atoms with van der Waals surface area (Å²) in [5, 5.41) is 0. The minimum Gasteiger partial charge on any atom is -0.422 e. The smallest absolute Gasteiger partial charge is 0.345 e. The Bertz CT molecular complexity index is 1810. The highest BCUT2D eigenvalue weighted by Crippen LogP contribution is 2.45. The van der Waals surface area contributed by atoms with Crippen molar-refractivity contribution in [2.24, 2.45) is 0 Å². The van der Waals surface area contributed by atoms with E-state index in [0.717, 1.165) is 33.6 Å². The van der Waals surface area contributed by atoms with Gasteiger partial charge in [0, 0.05) is 42.8 Å². The highest BCUT2D eigenvalue weighted by Gasteiger charge is 2.39. The number of carbonyl (C=O) groups excluding carboxylic acids is 4. The third-order valence-corrected chi connectivity index (χ3v) is 8.09.